The van der Waals surface area contributed by atoms with Crippen molar-refractivity contribution in [1.29, 1.82) is 0 Å². The second-order valence-corrected chi connectivity index (χ2v) is 4.18. The van der Waals surface area contributed by atoms with Crippen LogP contribution in [0.15, 0.2) is 24.9 Å². The minimum Gasteiger partial charge on any atom is -0.472 e. The van der Waals surface area contributed by atoms with Gasteiger partial charge in [-0.3, -0.25) is 0 Å². The highest BCUT2D eigenvalue weighted by molar-refractivity contribution is 5.69. The Balaban J connectivity index is 2.63. The van der Waals surface area contributed by atoms with E-state index in [0.29, 0.717) is 12.5 Å². The number of ether oxygens (including phenoxy) is 2. The molecule has 16 heavy (non-hydrogen) atoms. The summed E-state index contributed by atoms with van der Waals surface area (Å²) in [5, 5.41) is 3.90. The number of carbonyl (C=O) groups is 1. The zero-order chi connectivity index (χ0) is 12.2. The lowest BCUT2D eigenvalue weighted by Gasteiger charge is -2.18. The van der Waals surface area contributed by atoms with Crippen LogP contribution in [0.3, 0.4) is 0 Å². The van der Waals surface area contributed by atoms with Crippen molar-refractivity contribution >= 4 is 6.09 Å². The Morgan fingerprint density at radius 2 is 2.31 bits per heavy atom. The van der Waals surface area contributed by atoms with E-state index in [-0.39, 0.29) is 0 Å². The lowest BCUT2D eigenvalue weighted by molar-refractivity contribution is 0.0512. The quantitative estimate of drug-likeness (QED) is 0.739. The topological polar surface area (TPSA) is 53.4 Å². The molecule has 1 heterocycles. The summed E-state index contributed by atoms with van der Waals surface area (Å²) in [6.45, 7) is 9.25. The fraction of sp³-hybridized carbons (Fsp3) is 0.455. The molecule has 5 heteroatoms. The maximum Gasteiger partial charge on any atom is 0.435 e. The molecule has 0 bridgehead atoms. The standard InChI is InChI=1S/C11H16N2O3/c1-5-8-15-9-6-7-13(12-9)10(14)16-11(2,3)4/h5-7H,1,8H2,2-4H3. The molecule has 1 aromatic rings. The van der Waals surface area contributed by atoms with Crippen molar-refractivity contribution in [3.63, 3.8) is 0 Å². The van der Waals surface area contributed by atoms with Gasteiger partial charge in [-0.1, -0.05) is 12.7 Å². The second-order valence-electron chi connectivity index (χ2n) is 4.18. The van der Waals surface area contributed by atoms with E-state index < -0.39 is 11.7 Å². The largest absolute Gasteiger partial charge is 0.472 e. The molecule has 0 unspecified atom stereocenters. The van der Waals surface area contributed by atoms with Gasteiger partial charge in [0.2, 0.25) is 5.88 Å². The molecule has 88 valence electrons. The van der Waals surface area contributed by atoms with Gasteiger partial charge in [0.25, 0.3) is 0 Å². The summed E-state index contributed by atoms with van der Waals surface area (Å²) < 4.78 is 11.4. The summed E-state index contributed by atoms with van der Waals surface area (Å²) in [5.41, 5.74) is -0.537. The van der Waals surface area contributed by atoms with Crippen molar-refractivity contribution in [2.45, 2.75) is 26.4 Å². The monoisotopic (exact) mass is 224 g/mol. The molecular weight excluding hydrogens is 208 g/mol. The van der Waals surface area contributed by atoms with Gasteiger partial charge < -0.3 is 9.47 Å². The van der Waals surface area contributed by atoms with Gasteiger partial charge >= 0.3 is 6.09 Å². The number of hydrogen-bond acceptors (Lipinski definition) is 4. The molecule has 0 aromatic carbocycles. The summed E-state index contributed by atoms with van der Waals surface area (Å²) in [5.74, 6) is 0.366. The van der Waals surface area contributed by atoms with E-state index in [9.17, 15) is 4.79 Å². The molecule has 1 aromatic heterocycles. The Morgan fingerprint density at radius 1 is 1.62 bits per heavy atom. The zero-order valence-corrected chi connectivity index (χ0v) is 9.77. The van der Waals surface area contributed by atoms with E-state index >= 15 is 0 Å². The number of carbonyl (C=O) groups excluding carboxylic acids is 1. The van der Waals surface area contributed by atoms with Gasteiger partial charge in [0.05, 0.1) is 0 Å². The summed E-state index contributed by atoms with van der Waals surface area (Å²) >= 11 is 0. The van der Waals surface area contributed by atoms with Gasteiger partial charge in [-0.15, -0.1) is 5.10 Å². The maximum absolute atomic E-state index is 11.5. The second kappa shape index (κ2) is 4.83. The highest BCUT2D eigenvalue weighted by Crippen LogP contribution is 2.11. The Bertz CT molecular complexity index is 377. The number of nitrogens with zero attached hydrogens (tertiary/aromatic N) is 2. The fourth-order valence-corrected chi connectivity index (χ4v) is 0.939. The van der Waals surface area contributed by atoms with Crippen LogP contribution in [0.4, 0.5) is 4.79 Å². The molecule has 0 fully saturated rings. The third-order valence-electron chi connectivity index (χ3n) is 1.49. The average molecular weight is 224 g/mol. The van der Waals surface area contributed by atoms with Crippen LogP contribution in [-0.2, 0) is 4.74 Å². The normalized spacial score (nSPS) is 10.9. The third-order valence-corrected chi connectivity index (χ3v) is 1.49. The summed E-state index contributed by atoms with van der Waals surface area (Å²) in [6, 6.07) is 1.59. The Morgan fingerprint density at radius 3 is 2.88 bits per heavy atom. The van der Waals surface area contributed by atoms with Gasteiger partial charge in [0.1, 0.15) is 12.2 Å². The SMILES string of the molecule is C=CCOc1ccn(C(=O)OC(C)(C)C)n1. The molecule has 0 atom stereocenters. The summed E-state index contributed by atoms with van der Waals surface area (Å²) in [7, 11) is 0. The van der Waals surface area contributed by atoms with Crippen LogP contribution in [0.5, 0.6) is 5.88 Å². The van der Waals surface area contributed by atoms with Crippen LogP contribution >= 0.6 is 0 Å². The molecule has 1 rings (SSSR count). The van der Waals surface area contributed by atoms with Gasteiger partial charge in [-0.25, -0.2) is 4.79 Å². The van der Waals surface area contributed by atoms with Crippen LogP contribution in [0, 0.1) is 0 Å². The average Bonchev–Trinajstić information content (AvgIpc) is 2.60. The van der Waals surface area contributed by atoms with Crippen LogP contribution in [0.25, 0.3) is 0 Å². The van der Waals surface area contributed by atoms with Crippen LogP contribution in [0.1, 0.15) is 20.8 Å². The zero-order valence-electron chi connectivity index (χ0n) is 9.77. The first-order chi connectivity index (χ1) is 7.42. The van der Waals surface area contributed by atoms with E-state index in [2.05, 4.69) is 11.7 Å². The Labute approximate surface area is 94.7 Å². The third kappa shape index (κ3) is 3.76. The molecule has 0 N–H and O–H groups in total. The van der Waals surface area contributed by atoms with Crippen molar-refractivity contribution in [3.05, 3.63) is 24.9 Å². The Kier molecular flexibility index (Phi) is 3.71. The predicted octanol–water partition coefficient (Wildman–Crippen LogP) is 2.23. The highest BCUT2D eigenvalue weighted by Gasteiger charge is 2.18. The molecule has 0 aliphatic heterocycles. The number of hydrogen-bond donors (Lipinski definition) is 0. The lowest BCUT2D eigenvalue weighted by atomic mass is 10.2. The van der Waals surface area contributed by atoms with Crippen molar-refractivity contribution in [2.75, 3.05) is 6.61 Å². The highest BCUT2D eigenvalue weighted by atomic mass is 16.6. The molecule has 0 radical (unpaired) electrons. The molecule has 0 aliphatic carbocycles. The smallest absolute Gasteiger partial charge is 0.435 e. The van der Waals surface area contributed by atoms with E-state index in [1.807, 2.05) is 0 Å². The van der Waals surface area contributed by atoms with Gasteiger partial charge in [0.15, 0.2) is 0 Å². The molecule has 0 saturated heterocycles. The van der Waals surface area contributed by atoms with Crippen molar-refractivity contribution < 1.29 is 14.3 Å². The Hall–Kier alpha value is -1.78. The molecule has 0 spiro atoms. The lowest BCUT2D eigenvalue weighted by Crippen LogP contribution is -2.27. The van der Waals surface area contributed by atoms with Gasteiger partial charge in [0, 0.05) is 12.3 Å². The molecule has 0 saturated carbocycles. The predicted molar refractivity (Wildman–Crippen MR) is 59.6 cm³/mol. The first-order valence-corrected chi connectivity index (χ1v) is 4.95. The van der Waals surface area contributed by atoms with Gasteiger partial charge in [-0.05, 0) is 20.8 Å². The summed E-state index contributed by atoms with van der Waals surface area (Å²) in [4.78, 5) is 11.5. The fourth-order valence-electron chi connectivity index (χ4n) is 0.939. The van der Waals surface area contributed by atoms with Crippen molar-refractivity contribution in [1.82, 2.24) is 9.78 Å². The number of aromatic nitrogens is 2. The minimum absolute atomic E-state index is 0.353. The molecule has 5 nitrogen and oxygen atoms in total. The first kappa shape index (κ1) is 12.3. The summed E-state index contributed by atoms with van der Waals surface area (Å²) in [6.07, 6.45) is 2.57. The minimum atomic E-state index is -0.537. The van der Waals surface area contributed by atoms with Gasteiger partial charge in [-0.2, -0.15) is 4.68 Å². The van der Waals surface area contributed by atoms with E-state index in [4.69, 9.17) is 9.47 Å². The molecule has 0 amide bonds. The van der Waals surface area contributed by atoms with Crippen LogP contribution in [0.2, 0.25) is 0 Å². The number of rotatable bonds is 3. The van der Waals surface area contributed by atoms with E-state index in [1.165, 1.54) is 6.20 Å². The van der Waals surface area contributed by atoms with Crippen molar-refractivity contribution in [2.24, 2.45) is 0 Å². The molecular formula is C11H16N2O3. The molecule has 0 aliphatic rings. The first-order valence-electron chi connectivity index (χ1n) is 4.95. The van der Waals surface area contributed by atoms with E-state index in [0.717, 1.165) is 4.68 Å². The van der Waals surface area contributed by atoms with Crippen LogP contribution in [-0.4, -0.2) is 28.1 Å². The van der Waals surface area contributed by atoms with Crippen LogP contribution < -0.4 is 4.74 Å². The maximum atomic E-state index is 11.5. The van der Waals surface area contributed by atoms with Crippen molar-refractivity contribution in [3.8, 4) is 5.88 Å². The van der Waals surface area contributed by atoms with E-state index in [1.54, 1.807) is 32.9 Å².